The van der Waals surface area contributed by atoms with Crippen LogP contribution in [0.3, 0.4) is 0 Å². The van der Waals surface area contributed by atoms with E-state index in [4.69, 9.17) is 0 Å². The third-order valence-electron chi connectivity index (χ3n) is 3.20. The minimum Gasteiger partial charge on any atom is -0.207 e. The van der Waals surface area contributed by atoms with E-state index in [2.05, 4.69) is 54.6 Å². The molecule has 0 aromatic heterocycles. The molecule has 0 heterocycles. The van der Waals surface area contributed by atoms with Gasteiger partial charge in [0.15, 0.2) is 0 Å². The van der Waals surface area contributed by atoms with Crippen LogP contribution in [0.15, 0.2) is 70.5 Å². The van der Waals surface area contributed by atoms with Crippen molar-refractivity contribution >= 4 is 65.2 Å². The van der Waals surface area contributed by atoms with Crippen LogP contribution in [0.25, 0.3) is 0 Å². The maximum atomic E-state index is 12.1. The van der Waals surface area contributed by atoms with Gasteiger partial charge in [0.1, 0.15) is 0 Å². The van der Waals surface area contributed by atoms with Crippen molar-refractivity contribution in [1.29, 1.82) is 0 Å². The molecule has 2 rings (SSSR count). The van der Waals surface area contributed by atoms with Crippen LogP contribution in [0, 0.1) is 7.14 Å². The molecule has 0 fully saturated rings. The molecule has 0 bridgehead atoms. The Morgan fingerprint density at radius 1 is 0.654 bits per heavy atom. The van der Waals surface area contributed by atoms with E-state index in [-0.39, 0.29) is 22.9 Å². The fourth-order valence-electron chi connectivity index (χ4n) is 1.88. The third kappa shape index (κ3) is 6.56. The molecule has 0 unspecified atom stereocenters. The Balaban J connectivity index is 1.84. The second-order valence-electron chi connectivity index (χ2n) is 5.08. The summed E-state index contributed by atoms with van der Waals surface area (Å²) in [7, 11) is -7.17. The standard InChI is InChI=1S/C16H16I2N2O4S2/c17-13-3-7-15(8-4-13)25(21,22)19-11-1-2-12-20-26(23,24)16-9-5-14(18)6-10-16/h1-10,19-20H,11-12H2/b2-1+. The van der Waals surface area contributed by atoms with Gasteiger partial charge in [-0.2, -0.15) is 0 Å². The van der Waals surface area contributed by atoms with Crippen molar-refractivity contribution in [1.82, 2.24) is 9.44 Å². The van der Waals surface area contributed by atoms with Crippen LogP contribution in [0.5, 0.6) is 0 Å². The maximum Gasteiger partial charge on any atom is 0.240 e. The average molecular weight is 618 g/mol. The molecular weight excluding hydrogens is 602 g/mol. The topological polar surface area (TPSA) is 92.3 Å². The predicted octanol–water partition coefficient (Wildman–Crippen LogP) is 2.71. The number of sulfonamides is 2. The molecule has 2 aromatic rings. The molecule has 0 aliphatic carbocycles. The molecule has 0 amide bonds. The summed E-state index contributed by atoms with van der Waals surface area (Å²) in [6, 6.07) is 13.0. The summed E-state index contributed by atoms with van der Waals surface area (Å²) < 4.78 is 55.1. The van der Waals surface area contributed by atoms with Gasteiger partial charge in [-0.25, -0.2) is 26.3 Å². The van der Waals surface area contributed by atoms with E-state index in [1.807, 2.05) is 0 Å². The van der Waals surface area contributed by atoms with Gasteiger partial charge in [0.2, 0.25) is 20.0 Å². The van der Waals surface area contributed by atoms with Gasteiger partial charge >= 0.3 is 0 Å². The fraction of sp³-hybridized carbons (Fsp3) is 0.125. The lowest BCUT2D eigenvalue weighted by atomic mass is 10.4. The van der Waals surface area contributed by atoms with E-state index >= 15 is 0 Å². The van der Waals surface area contributed by atoms with Crippen molar-refractivity contribution in [3.05, 3.63) is 67.8 Å². The van der Waals surface area contributed by atoms with Gasteiger partial charge in [-0.15, -0.1) is 0 Å². The largest absolute Gasteiger partial charge is 0.240 e. The van der Waals surface area contributed by atoms with Crippen molar-refractivity contribution in [2.24, 2.45) is 0 Å². The first-order valence-corrected chi connectivity index (χ1v) is 12.5. The second-order valence-corrected chi connectivity index (χ2v) is 11.1. The first kappa shape index (κ1) is 21.8. The Labute approximate surface area is 180 Å². The van der Waals surface area contributed by atoms with Crippen molar-refractivity contribution < 1.29 is 16.8 Å². The summed E-state index contributed by atoms with van der Waals surface area (Å²) in [5, 5.41) is 0. The number of hydrogen-bond donors (Lipinski definition) is 2. The highest BCUT2D eigenvalue weighted by atomic mass is 127. The molecule has 0 saturated carbocycles. The lowest BCUT2D eigenvalue weighted by Gasteiger charge is -2.05. The highest BCUT2D eigenvalue weighted by Gasteiger charge is 2.13. The minimum atomic E-state index is -3.58. The minimum absolute atomic E-state index is 0.0690. The molecule has 2 N–H and O–H groups in total. The van der Waals surface area contributed by atoms with E-state index in [0.717, 1.165) is 7.14 Å². The Morgan fingerprint density at radius 3 is 1.27 bits per heavy atom. The Kier molecular flexibility index (Phi) is 8.03. The third-order valence-corrected chi connectivity index (χ3v) is 7.51. The van der Waals surface area contributed by atoms with Gasteiger partial charge in [-0.05, 0) is 93.7 Å². The van der Waals surface area contributed by atoms with Crippen LogP contribution >= 0.6 is 45.2 Å². The van der Waals surface area contributed by atoms with Crippen molar-refractivity contribution in [3.63, 3.8) is 0 Å². The van der Waals surface area contributed by atoms with Gasteiger partial charge < -0.3 is 0 Å². The molecule has 0 radical (unpaired) electrons. The molecule has 0 aliphatic heterocycles. The van der Waals surface area contributed by atoms with Gasteiger partial charge in [0.25, 0.3) is 0 Å². The van der Waals surface area contributed by atoms with Crippen LogP contribution in [-0.4, -0.2) is 29.9 Å². The Bertz CT molecular complexity index is 890. The quantitative estimate of drug-likeness (QED) is 0.352. The first-order valence-electron chi connectivity index (χ1n) is 7.36. The molecule has 26 heavy (non-hydrogen) atoms. The Morgan fingerprint density at radius 2 is 0.962 bits per heavy atom. The highest BCUT2D eigenvalue weighted by Crippen LogP contribution is 2.12. The first-order chi connectivity index (χ1) is 12.2. The molecule has 0 atom stereocenters. The fourth-order valence-corrected chi connectivity index (χ4v) is 4.55. The van der Waals surface area contributed by atoms with Gasteiger partial charge in [-0.1, -0.05) is 12.2 Å². The molecule has 2 aromatic carbocycles. The molecular formula is C16H16I2N2O4S2. The van der Waals surface area contributed by atoms with E-state index in [9.17, 15) is 16.8 Å². The van der Waals surface area contributed by atoms with E-state index in [0.29, 0.717) is 0 Å². The van der Waals surface area contributed by atoms with Crippen LogP contribution in [0.4, 0.5) is 0 Å². The maximum absolute atomic E-state index is 12.1. The summed E-state index contributed by atoms with van der Waals surface area (Å²) >= 11 is 4.20. The molecule has 140 valence electrons. The highest BCUT2D eigenvalue weighted by molar-refractivity contribution is 14.1. The summed E-state index contributed by atoms with van der Waals surface area (Å²) in [4.78, 5) is 0.372. The van der Waals surface area contributed by atoms with Crippen LogP contribution in [-0.2, 0) is 20.0 Å². The van der Waals surface area contributed by atoms with Crippen LogP contribution in [0.2, 0.25) is 0 Å². The number of hydrogen-bond acceptors (Lipinski definition) is 4. The predicted molar refractivity (Wildman–Crippen MR) is 118 cm³/mol. The number of benzene rings is 2. The van der Waals surface area contributed by atoms with Crippen LogP contribution < -0.4 is 9.44 Å². The smallest absolute Gasteiger partial charge is 0.207 e. The van der Waals surface area contributed by atoms with E-state index in [1.54, 1.807) is 36.4 Å². The lowest BCUT2D eigenvalue weighted by molar-refractivity contribution is 0.583. The molecule has 10 heteroatoms. The monoisotopic (exact) mass is 618 g/mol. The normalized spacial score (nSPS) is 12.5. The van der Waals surface area contributed by atoms with E-state index in [1.165, 1.54) is 24.3 Å². The van der Waals surface area contributed by atoms with Gasteiger partial charge in [-0.3, -0.25) is 0 Å². The molecule has 6 nitrogen and oxygen atoms in total. The Hall–Kier alpha value is -0.540. The summed E-state index contributed by atoms with van der Waals surface area (Å²) in [5.74, 6) is 0. The van der Waals surface area contributed by atoms with E-state index < -0.39 is 20.0 Å². The summed E-state index contributed by atoms with van der Waals surface area (Å²) in [6.45, 7) is 0.138. The number of rotatable bonds is 8. The van der Waals surface area contributed by atoms with Gasteiger partial charge in [0.05, 0.1) is 9.79 Å². The second kappa shape index (κ2) is 9.59. The molecule has 0 spiro atoms. The zero-order chi connectivity index (χ0) is 19.2. The van der Waals surface area contributed by atoms with Crippen molar-refractivity contribution in [3.8, 4) is 0 Å². The summed E-state index contributed by atoms with van der Waals surface area (Å²) in [6.07, 6.45) is 3.11. The number of halogens is 2. The SMILES string of the molecule is O=S(=O)(NC/C=C/CNS(=O)(=O)c1ccc(I)cc1)c1ccc(I)cc1. The lowest BCUT2D eigenvalue weighted by Crippen LogP contribution is -2.25. The average Bonchev–Trinajstić information content (AvgIpc) is 2.58. The van der Waals surface area contributed by atoms with Crippen molar-refractivity contribution in [2.45, 2.75) is 9.79 Å². The van der Waals surface area contributed by atoms with Crippen molar-refractivity contribution in [2.75, 3.05) is 13.1 Å². The molecule has 0 saturated heterocycles. The van der Waals surface area contributed by atoms with Crippen LogP contribution in [0.1, 0.15) is 0 Å². The number of nitrogens with one attached hydrogen (secondary N) is 2. The zero-order valence-electron chi connectivity index (χ0n) is 13.4. The summed E-state index contributed by atoms with van der Waals surface area (Å²) in [5.41, 5.74) is 0. The molecule has 0 aliphatic rings. The zero-order valence-corrected chi connectivity index (χ0v) is 19.3. The van der Waals surface area contributed by atoms with Gasteiger partial charge in [0, 0.05) is 20.2 Å².